The van der Waals surface area contributed by atoms with E-state index in [2.05, 4.69) is 10.3 Å². The fraction of sp³-hybridized carbons (Fsp3) is 0.273. The average molecular weight is 221 g/mol. The first-order valence-corrected chi connectivity index (χ1v) is 4.95. The van der Waals surface area contributed by atoms with Gasteiger partial charge in [0.2, 0.25) is 0 Å². The van der Waals surface area contributed by atoms with Crippen LogP contribution in [0.1, 0.15) is 24.3 Å². The van der Waals surface area contributed by atoms with Gasteiger partial charge in [0.15, 0.2) is 0 Å². The van der Waals surface area contributed by atoms with Gasteiger partial charge in [-0.1, -0.05) is 11.3 Å². The lowest BCUT2D eigenvalue weighted by molar-refractivity contribution is 0.194. The van der Waals surface area contributed by atoms with Crippen LogP contribution in [0.5, 0.6) is 0 Å². The van der Waals surface area contributed by atoms with Gasteiger partial charge in [-0.3, -0.25) is 0 Å². The highest BCUT2D eigenvalue weighted by Crippen LogP contribution is 2.16. The molecule has 0 aliphatic rings. The second-order valence-electron chi connectivity index (χ2n) is 3.72. The molecule has 2 aromatic rings. The molecule has 1 heterocycles. The first-order chi connectivity index (χ1) is 7.58. The van der Waals surface area contributed by atoms with E-state index in [4.69, 9.17) is 0 Å². The van der Waals surface area contributed by atoms with Gasteiger partial charge in [-0.25, -0.2) is 9.07 Å². The minimum absolute atomic E-state index is 0.333. The maximum absolute atomic E-state index is 13.5. The summed E-state index contributed by atoms with van der Waals surface area (Å²) >= 11 is 0. The van der Waals surface area contributed by atoms with Crippen LogP contribution in [-0.4, -0.2) is 20.1 Å². The molecule has 0 aliphatic carbocycles. The fourth-order valence-corrected chi connectivity index (χ4v) is 1.38. The van der Waals surface area contributed by atoms with Crippen molar-refractivity contribution >= 4 is 0 Å². The zero-order valence-corrected chi connectivity index (χ0v) is 9.05. The van der Waals surface area contributed by atoms with Gasteiger partial charge in [-0.05, 0) is 31.5 Å². The van der Waals surface area contributed by atoms with Crippen LogP contribution in [-0.2, 0) is 0 Å². The molecule has 4 nitrogen and oxygen atoms in total. The normalized spacial score (nSPS) is 12.8. The predicted molar refractivity (Wildman–Crippen MR) is 56.7 cm³/mol. The summed E-state index contributed by atoms with van der Waals surface area (Å²) in [6.45, 7) is 3.45. The van der Waals surface area contributed by atoms with Crippen LogP contribution in [0, 0.1) is 12.7 Å². The minimum Gasteiger partial charge on any atom is -0.387 e. The second-order valence-corrected chi connectivity index (χ2v) is 3.72. The van der Waals surface area contributed by atoms with Gasteiger partial charge >= 0.3 is 0 Å². The Bertz CT molecular complexity index is 508. The van der Waals surface area contributed by atoms with Gasteiger partial charge in [0, 0.05) is 0 Å². The highest BCUT2D eigenvalue weighted by Gasteiger charge is 2.10. The Kier molecular flexibility index (Phi) is 2.70. The number of benzene rings is 1. The molecule has 0 spiro atoms. The van der Waals surface area contributed by atoms with E-state index in [0.717, 1.165) is 5.56 Å². The Hall–Kier alpha value is -1.75. The molecule has 0 radical (unpaired) electrons. The number of hydrogen-bond donors (Lipinski definition) is 1. The SMILES string of the molecule is Cc1ccc(F)c(-n2cc(C(C)O)nn2)c1. The monoisotopic (exact) mass is 221 g/mol. The molecule has 5 heteroatoms. The number of halogens is 1. The zero-order valence-electron chi connectivity index (χ0n) is 9.05. The molecular formula is C11H12FN3O. The molecular weight excluding hydrogens is 209 g/mol. The maximum atomic E-state index is 13.5. The molecule has 0 fully saturated rings. The third kappa shape index (κ3) is 1.94. The van der Waals surface area contributed by atoms with Crippen LogP contribution >= 0.6 is 0 Å². The number of aliphatic hydroxyl groups is 1. The van der Waals surface area contributed by atoms with E-state index in [9.17, 15) is 9.50 Å². The zero-order chi connectivity index (χ0) is 11.7. The standard InChI is InChI=1S/C11H12FN3O/c1-7-3-4-9(12)11(5-7)15-6-10(8(2)16)13-14-15/h3-6,8,16H,1-2H3. The number of rotatable bonds is 2. The van der Waals surface area contributed by atoms with Crippen molar-refractivity contribution in [2.24, 2.45) is 0 Å². The van der Waals surface area contributed by atoms with Gasteiger partial charge in [-0.15, -0.1) is 5.10 Å². The Balaban J connectivity index is 2.46. The van der Waals surface area contributed by atoms with Gasteiger partial charge in [0.25, 0.3) is 0 Å². The average Bonchev–Trinajstić information content (AvgIpc) is 2.70. The lowest BCUT2D eigenvalue weighted by Crippen LogP contribution is -1.99. The van der Waals surface area contributed by atoms with Crippen LogP contribution in [0.4, 0.5) is 4.39 Å². The number of aromatic nitrogens is 3. The van der Waals surface area contributed by atoms with Crippen molar-refractivity contribution < 1.29 is 9.50 Å². The van der Waals surface area contributed by atoms with Crippen molar-refractivity contribution in [2.75, 3.05) is 0 Å². The lowest BCUT2D eigenvalue weighted by atomic mass is 10.2. The Labute approximate surface area is 92.3 Å². The predicted octanol–water partition coefficient (Wildman–Crippen LogP) is 1.77. The number of nitrogens with zero attached hydrogens (tertiary/aromatic N) is 3. The second kappa shape index (κ2) is 4.02. The van der Waals surface area contributed by atoms with Gasteiger partial charge in [0.05, 0.1) is 12.3 Å². The van der Waals surface area contributed by atoms with Crippen molar-refractivity contribution in [3.8, 4) is 5.69 Å². The highest BCUT2D eigenvalue weighted by molar-refractivity contribution is 5.36. The summed E-state index contributed by atoms with van der Waals surface area (Å²) in [6, 6.07) is 4.75. The molecule has 1 unspecified atom stereocenters. The van der Waals surface area contributed by atoms with Gasteiger partial charge in [0.1, 0.15) is 17.2 Å². The molecule has 84 valence electrons. The van der Waals surface area contributed by atoms with Crippen molar-refractivity contribution in [2.45, 2.75) is 20.0 Å². The third-order valence-electron chi connectivity index (χ3n) is 2.29. The molecule has 0 amide bonds. The molecule has 0 saturated carbocycles. The fourth-order valence-electron chi connectivity index (χ4n) is 1.38. The summed E-state index contributed by atoms with van der Waals surface area (Å²) in [5.74, 6) is -0.368. The van der Waals surface area contributed by atoms with E-state index < -0.39 is 6.10 Å². The van der Waals surface area contributed by atoms with Gasteiger partial charge in [-0.2, -0.15) is 0 Å². The first kappa shape index (κ1) is 10.8. The summed E-state index contributed by atoms with van der Waals surface area (Å²) < 4.78 is 14.8. The highest BCUT2D eigenvalue weighted by atomic mass is 19.1. The van der Waals surface area contributed by atoms with Crippen molar-refractivity contribution in [1.29, 1.82) is 0 Å². The molecule has 2 rings (SSSR count). The minimum atomic E-state index is -0.707. The topological polar surface area (TPSA) is 50.9 Å². The summed E-state index contributed by atoms with van der Waals surface area (Å²) in [5.41, 5.74) is 1.69. The molecule has 1 aromatic carbocycles. The number of hydrogen-bond acceptors (Lipinski definition) is 3. The van der Waals surface area contributed by atoms with E-state index in [1.165, 1.54) is 16.9 Å². The van der Waals surface area contributed by atoms with Crippen LogP contribution < -0.4 is 0 Å². The van der Waals surface area contributed by atoms with E-state index in [1.54, 1.807) is 19.1 Å². The molecule has 1 N–H and O–H groups in total. The van der Waals surface area contributed by atoms with E-state index >= 15 is 0 Å². The van der Waals surface area contributed by atoms with Crippen molar-refractivity contribution in [3.05, 3.63) is 41.5 Å². The molecule has 0 saturated heterocycles. The van der Waals surface area contributed by atoms with Crippen LogP contribution in [0.2, 0.25) is 0 Å². The van der Waals surface area contributed by atoms with Crippen LogP contribution in [0.25, 0.3) is 5.69 Å². The van der Waals surface area contributed by atoms with E-state index in [-0.39, 0.29) is 5.82 Å². The molecule has 0 bridgehead atoms. The first-order valence-electron chi connectivity index (χ1n) is 4.95. The Morgan fingerprint density at radius 3 is 2.81 bits per heavy atom. The van der Waals surface area contributed by atoms with Crippen molar-refractivity contribution in [3.63, 3.8) is 0 Å². The summed E-state index contributed by atoms with van der Waals surface area (Å²) in [4.78, 5) is 0. The summed E-state index contributed by atoms with van der Waals surface area (Å²) in [5, 5.41) is 16.8. The quantitative estimate of drug-likeness (QED) is 0.840. The summed E-state index contributed by atoms with van der Waals surface area (Å²) in [7, 11) is 0. The Morgan fingerprint density at radius 1 is 1.44 bits per heavy atom. The molecule has 0 aliphatic heterocycles. The lowest BCUT2D eigenvalue weighted by Gasteiger charge is -2.03. The van der Waals surface area contributed by atoms with Crippen molar-refractivity contribution in [1.82, 2.24) is 15.0 Å². The van der Waals surface area contributed by atoms with E-state index in [0.29, 0.717) is 11.4 Å². The number of aliphatic hydroxyl groups excluding tert-OH is 1. The molecule has 1 aromatic heterocycles. The van der Waals surface area contributed by atoms with Crippen LogP contribution in [0.15, 0.2) is 24.4 Å². The Morgan fingerprint density at radius 2 is 2.19 bits per heavy atom. The van der Waals surface area contributed by atoms with Gasteiger partial charge < -0.3 is 5.11 Å². The van der Waals surface area contributed by atoms with E-state index in [1.807, 2.05) is 6.92 Å². The smallest absolute Gasteiger partial charge is 0.148 e. The van der Waals surface area contributed by atoms with Crippen LogP contribution in [0.3, 0.4) is 0 Å². The maximum Gasteiger partial charge on any atom is 0.148 e. The molecule has 1 atom stereocenters. The third-order valence-corrected chi connectivity index (χ3v) is 2.29. The molecule has 16 heavy (non-hydrogen) atoms. The largest absolute Gasteiger partial charge is 0.387 e. The summed E-state index contributed by atoms with van der Waals surface area (Å²) in [6.07, 6.45) is 0.810. The number of aryl methyl sites for hydroxylation is 1.